The van der Waals surface area contributed by atoms with Crippen molar-refractivity contribution in [3.05, 3.63) is 0 Å². The molecule has 1 aliphatic heterocycles. The Morgan fingerprint density at radius 3 is 2.93 bits per heavy atom. The maximum Gasteiger partial charge on any atom is 0.314 e. The molecule has 0 aromatic rings. The molecule has 0 bridgehead atoms. The van der Waals surface area contributed by atoms with Gasteiger partial charge in [0.05, 0.1) is 0 Å². The summed E-state index contributed by atoms with van der Waals surface area (Å²) in [7, 11) is 2.11. The Hall–Kier alpha value is -0.810. The third-order valence-electron chi connectivity index (χ3n) is 2.47. The first-order chi connectivity index (χ1) is 6.72. The van der Waals surface area contributed by atoms with Crippen LogP contribution in [0.2, 0.25) is 0 Å². The first kappa shape index (κ1) is 11.3. The van der Waals surface area contributed by atoms with Gasteiger partial charge >= 0.3 is 6.03 Å². The summed E-state index contributed by atoms with van der Waals surface area (Å²) in [5, 5.41) is 5.53. The minimum atomic E-state index is -0.106. The number of likely N-dealkylation sites (tertiary alicyclic amines) is 1. The minimum Gasteiger partial charge on any atom is -0.338 e. The first-order valence-corrected chi connectivity index (χ1v) is 5.12. The molecule has 0 aromatic carbocycles. The number of hydrogen-bond donors (Lipinski definition) is 3. The van der Waals surface area contributed by atoms with Gasteiger partial charge in [0, 0.05) is 26.2 Å². The Morgan fingerprint density at radius 1 is 1.57 bits per heavy atom. The first-order valence-electron chi connectivity index (χ1n) is 5.12. The fraction of sp³-hybridized carbons (Fsp3) is 0.889. The topological polar surface area (TPSA) is 70.4 Å². The molecule has 1 aliphatic rings. The molecule has 5 heteroatoms. The van der Waals surface area contributed by atoms with Crippen LogP contribution < -0.4 is 16.4 Å². The molecule has 0 aliphatic carbocycles. The Kier molecular flexibility index (Phi) is 4.69. The Morgan fingerprint density at radius 2 is 2.36 bits per heavy atom. The molecule has 0 saturated carbocycles. The van der Waals surface area contributed by atoms with Crippen LogP contribution in [0.15, 0.2) is 0 Å². The minimum absolute atomic E-state index is 0.106. The van der Waals surface area contributed by atoms with Gasteiger partial charge in [0.2, 0.25) is 0 Å². The van der Waals surface area contributed by atoms with Gasteiger partial charge in [0.1, 0.15) is 0 Å². The van der Waals surface area contributed by atoms with Crippen LogP contribution in [0.1, 0.15) is 6.42 Å². The van der Waals surface area contributed by atoms with Crippen molar-refractivity contribution in [2.45, 2.75) is 6.42 Å². The molecule has 1 fully saturated rings. The van der Waals surface area contributed by atoms with E-state index in [4.69, 9.17) is 5.73 Å². The van der Waals surface area contributed by atoms with Crippen molar-refractivity contribution in [1.82, 2.24) is 15.5 Å². The van der Waals surface area contributed by atoms with E-state index < -0.39 is 0 Å². The van der Waals surface area contributed by atoms with Crippen LogP contribution in [-0.2, 0) is 0 Å². The second-order valence-electron chi connectivity index (χ2n) is 3.84. The maximum absolute atomic E-state index is 11.1. The van der Waals surface area contributed by atoms with Crippen molar-refractivity contribution in [3.8, 4) is 0 Å². The molecule has 82 valence electrons. The number of urea groups is 1. The number of amides is 2. The van der Waals surface area contributed by atoms with Crippen LogP contribution in [0.4, 0.5) is 4.79 Å². The van der Waals surface area contributed by atoms with Gasteiger partial charge in [-0.1, -0.05) is 0 Å². The van der Waals surface area contributed by atoms with Crippen molar-refractivity contribution in [1.29, 1.82) is 0 Å². The van der Waals surface area contributed by atoms with Crippen molar-refractivity contribution in [2.75, 3.05) is 39.8 Å². The summed E-state index contributed by atoms with van der Waals surface area (Å²) in [6.07, 6.45) is 1.17. The summed E-state index contributed by atoms with van der Waals surface area (Å²) in [5.41, 5.74) is 5.26. The van der Waals surface area contributed by atoms with Crippen LogP contribution in [0.5, 0.6) is 0 Å². The summed E-state index contributed by atoms with van der Waals surface area (Å²) in [4.78, 5) is 13.4. The van der Waals surface area contributed by atoms with Crippen molar-refractivity contribution < 1.29 is 4.79 Å². The average Bonchev–Trinajstić information content (AvgIpc) is 2.58. The molecule has 0 spiro atoms. The van der Waals surface area contributed by atoms with Gasteiger partial charge in [-0.2, -0.15) is 0 Å². The second-order valence-corrected chi connectivity index (χ2v) is 3.84. The SMILES string of the molecule is CN1CCC(CNC(=O)NCCN)C1. The predicted octanol–water partition coefficient (Wildman–Crippen LogP) is -0.804. The maximum atomic E-state index is 11.1. The molecule has 1 saturated heterocycles. The van der Waals surface area contributed by atoms with E-state index in [0.717, 1.165) is 19.6 Å². The molecule has 1 rings (SSSR count). The number of nitrogens with one attached hydrogen (secondary N) is 2. The van der Waals surface area contributed by atoms with Gasteiger partial charge in [0.25, 0.3) is 0 Å². The van der Waals surface area contributed by atoms with Crippen molar-refractivity contribution >= 4 is 6.03 Å². The molecule has 0 radical (unpaired) electrons. The number of carbonyl (C=O) groups excluding carboxylic acids is 1. The monoisotopic (exact) mass is 200 g/mol. The predicted molar refractivity (Wildman–Crippen MR) is 56.1 cm³/mol. The van der Waals surface area contributed by atoms with Crippen LogP contribution >= 0.6 is 0 Å². The Balaban J connectivity index is 2.05. The highest BCUT2D eigenvalue weighted by Crippen LogP contribution is 2.12. The number of carbonyl (C=O) groups is 1. The van der Waals surface area contributed by atoms with E-state index in [1.807, 2.05) is 0 Å². The lowest BCUT2D eigenvalue weighted by Gasteiger charge is -2.12. The molecule has 14 heavy (non-hydrogen) atoms. The summed E-state index contributed by atoms with van der Waals surface area (Å²) in [5.74, 6) is 0.601. The number of nitrogens with two attached hydrogens (primary N) is 1. The van der Waals surface area contributed by atoms with Crippen molar-refractivity contribution in [2.24, 2.45) is 11.7 Å². The third kappa shape index (κ3) is 3.93. The number of nitrogens with zero attached hydrogens (tertiary/aromatic N) is 1. The van der Waals surface area contributed by atoms with Crippen LogP contribution in [0, 0.1) is 5.92 Å². The van der Waals surface area contributed by atoms with Gasteiger partial charge in [-0.3, -0.25) is 0 Å². The van der Waals surface area contributed by atoms with E-state index >= 15 is 0 Å². The second kappa shape index (κ2) is 5.82. The fourth-order valence-corrected chi connectivity index (χ4v) is 1.68. The number of hydrogen-bond acceptors (Lipinski definition) is 3. The lowest BCUT2D eigenvalue weighted by atomic mass is 10.1. The molecule has 1 atom stereocenters. The van der Waals surface area contributed by atoms with Gasteiger partial charge in [-0.05, 0) is 25.9 Å². The highest BCUT2D eigenvalue weighted by atomic mass is 16.2. The molecule has 1 unspecified atom stereocenters. The third-order valence-corrected chi connectivity index (χ3v) is 2.47. The van der Waals surface area contributed by atoms with Crippen molar-refractivity contribution in [3.63, 3.8) is 0 Å². The average molecular weight is 200 g/mol. The van der Waals surface area contributed by atoms with E-state index in [0.29, 0.717) is 19.0 Å². The zero-order valence-corrected chi connectivity index (χ0v) is 8.75. The molecule has 1 heterocycles. The summed E-state index contributed by atoms with van der Waals surface area (Å²) in [6, 6.07) is -0.106. The largest absolute Gasteiger partial charge is 0.338 e. The van der Waals surface area contributed by atoms with Gasteiger partial charge in [0.15, 0.2) is 0 Å². The molecule has 4 N–H and O–H groups in total. The number of rotatable bonds is 4. The highest BCUT2D eigenvalue weighted by Gasteiger charge is 2.19. The molecule has 2 amide bonds. The lowest BCUT2D eigenvalue weighted by Crippen LogP contribution is -2.40. The van der Waals surface area contributed by atoms with E-state index in [1.54, 1.807) is 0 Å². The van der Waals surface area contributed by atoms with Gasteiger partial charge in [-0.15, -0.1) is 0 Å². The molecule has 5 nitrogen and oxygen atoms in total. The van der Waals surface area contributed by atoms with E-state index in [9.17, 15) is 4.79 Å². The van der Waals surface area contributed by atoms with E-state index in [1.165, 1.54) is 6.42 Å². The van der Waals surface area contributed by atoms with E-state index in [-0.39, 0.29) is 6.03 Å². The van der Waals surface area contributed by atoms with Crippen LogP contribution in [0.3, 0.4) is 0 Å². The van der Waals surface area contributed by atoms with Crippen LogP contribution in [0.25, 0.3) is 0 Å². The standard InChI is InChI=1S/C9H20N4O/c1-13-5-2-8(7-13)6-12-9(14)11-4-3-10/h8H,2-7,10H2,1H3,(H2,11,12,14). The quantitative estimate of drug-likeness (QED) is 0.556. The smallest absolute Gasteiger partial charge is 0.314 e. The van der Waals surface area contributed by atoms with Gasteiger partial charge in [-0.25, -0.2) is 4.79 Å². The zero-order chi connectivity index (χ0) is 10.4. The van der Waals surface area contributed by atoms with E-state index in [2.05, 4.69) is 22.6 Å². The highest BCUT2D eigenvalue weighted by molar-refractivity contribution is 5.73. The molecule has 0 aromatic heterocycles. The molecular weight excluding hydrogens is 180 g/mol. The summed E-state index contributed by atoms with van der Waals surface area (Å²) in [6.45, 7) is 4.00. The summed E-state index contributed by atoms with van der Waals surface area (Å²) < 4.78 is 0. The molecular formula is C9H20N4O. The Labute approximate surface area is 85.0 Å². The zero-order valence-electron chi connectivity index (χ0n) is 8.75. The van der Waals surface area contributed by atoms with Gasteiger partial charge < -0.3 is 21.3 Å². The van der Waals surface area contributed by atoms with Crippen LogP contribution in [-0.4, -0.2) is 50.7 Å². The normalized spacial score (nSPS) is 22.3. The Bertz CT molecular complexity index is 186. The fourth-order valence-electron chi connectivity index (χ4n) is 1.68. The lowest BCUT2D eigenvalue weighted by molar-refractivity contribution is 0.239. The summed E-state index contributed by atoms with van der Waals surface area (Å²) >= 11 is 0.